The monoisotopic (exact) mass is 295 g/mol. The van der Waals surface area contributed by atoms with E-state index in [2.05, 4.69) is 25.2 Å². The maximum atomic E-state index is 9.07. The van der Waals surface area contributed by atoms with Gasteiger partial charge in [-0.15, -0.1) is 23.1 Å². The molecule has 104 valence electrons. The fourth-order valence-corrected chi connectivity index (χ4v) is 4.43. The van der Waals surface area contributed by atoms with Crippen molar-refractivity contribution in [2.45, 2.75) is 50.5 Å². The van der Waals surface area contributed by atoms with Gasteiger partial charge < -0.3 is 11.1 Å². The van der Waals surface area contributed by atoms with Gasteiger partial charge in [0.1, 0.15) is 15.9 Å². The van der Waals surface area contributed by atoms with Gasteiger partial charge in [0.15, 0.2) is 0 Å². The first-order valence-corrected chi connectivity index (χ1v) is 8.64. The van der Waals surface area contributed by atoms with E-state index in [4.69, 9.17) is 11.0 Å². The fourth-order valence-electron chi connectivity index (χ4n) is 2.54. The van der Waals surface area contributed by atoms with Crippen LogP contribution in [0.5, 0.6) is 0 Å². The van der Waals surface area contributed by atoms with Crippen LogP contribution in [0.25, 0.3) is 0 Å². The third-order valence-electron chi connectivity index (χ3n) is 3.88. The Hall–Kier alpha value is -0.860. The van der Waals surface area contributed by atoms with Crippen LogP contribution in [0.4, 0.5) is 10.7 Å². The highest BCUT2D eigenvalue weighted by Gasteiger charge is 2.27. The Morgan fingerprint density at radius 3 is 2.58 bits per heavy atom. The van der Waals surface area contributed by atoms with Gasteiger partial charge in [-0.3, -0.25) is 0 Å². The molecule has 3 nitrogen and oxygen atoms in total. The molecule has 3 N–H and O–H groups in total. The molecule has 19 heavy (non-hydrogen) atoms. The van der Waals surface area contributed by atoms with Crippen LogP contribution in [0.1, 0.15) is 44.4 Å². The van der Waals surface area contributed by atoms with Crippen molar-refractivity contribution in [3.8, 4) is 6.07 Å². The van der Waals surface area contributed by atoms with Crippen LogP contribution in [-0.2, 0) is 0 Å². The van der Waals surface area contributed by atoms with Gasteiger partial charge in [0.25, 0.3) is 0 Å². The molecule has 0 unspecified atom stereocenters. The van der Waals surface area contributed by atoms with E-state index < -0.39 is 0 Å². The van der Waals surface area contributed by atoms with Crippen molar-refractivity contribution in [3.05, 3.63) is 4.88 Å². The molecule has 0 bridgehead atoms. The summed E-state index contributed by atoms with van der Waals surface area (Å²) in [6.07, 6.45) is 6.91. The smallest absolute Gasteiger partial charge is 0.131 e. The quantitative estimate of drug-likeness (QED) is 0.816. The van der Waals surface area contributed by atoms with Gasteiger partial charge in [-0.1, -0.05) is 13.8 Å². The second-order valence-electron chi connectivity index (χ2n) is 5.90. The predicted octanol–water partition coefficient (Wildman–Crippen LogP) is 4.30. The van der Waals surface area contributed by atoms with Gasteiger partial charge in [0, 0.05) is 6.04 Å². The second kappa shape index (κ2) is 5.64. The summed E-state index contributed by atoms with van der Waals surface area (Å²) in [6.45, 7) is 4.68. The highest BCUT2D eigenvalue weighted by Crippen LogP contribution is 2.43. The van der Waals surface area contributed by atoms with Crippen molar-refractivity contribution >= 4 is 33.8 Å². The molecule has 2 rings (SSSR count). The van der Waals surface area contributed by atoms with E-state index in [0.717, 1.165) is 9.90 Å². The second-order valence-corrected chi connectivity index (χ2v) is 7.74. The number of nitriles is 1. The van der Waals surface area contributed by atoms with Crippen molar-refractivity contribution < 1.29 is 0 Å². The highest BCUT2D eigenvalue weighted by atomic mass is 32.2. The Morgan fingerprint density at radius 2 is 2.05 bits per heavy atom. The molecule has 1 heterocycles. The van der Waals surface area contributed by atoms with Gasteiger partial charge in [-0.05, 0) is 37.4 Å². The zero-order chi connectivity index (χ0) is 14.0. The number of nitrogens with two attached hydrogens (primary N) is 1. The summed E-state index contributed by atoms with van der Waals surface area (Å²) in [7, 11) is 0. The molecule has 1 aromatic heterocycles. The molecule has 1 fully saturated rings. The minimum Gasteiger partial charge on any atom is -0.396 e. The lowest BCUT2D eigenvalue weighted by atomic mass is 9.76. The number of anilines is 2. The van der Waals surface area contributed by atoms with E-state index in [9.17, 15) is 0 Å². The Morgan fingerprint density at radius 1 is 1.42 bits per heavy atom. The number of thioether (sulfide) groups is 1. The maximum Gasteiger partial charge on any atom is 0.131 e. The van der Waals surface area contributed by atoms with Crippen LogP contribution in [0.15, 0.2) is 4.90 Å². The molecule has 1 saturated carbocycles. The third kappa shape index (κ3) is 3.18. The summed E-state index contributed by atoms with van der Waals surface area (Å²) in [6, 6.07) is 2.70. The Balaban J connectivity index is 2.10. The number of thiophene rings is 1. The van der Waals surface area contributed by atoms with Gasteiger partial charge in [-0.2, -0.15) is 5.26 Å². The molecule has 1 aliphatic rings. The van der Waals surface area contributed by atoms with Crippen molar-refractivity contribution in [1.82, 2.24) is 0 Å². The molecule has 0 spiro atoms. The number of nitrogens with one attached hydrogen (secondary N) is 1. The normalized spacial score (nSPS) is 19.1. The van der Waals surface area contributed by atoms with E-state index in [1.807, 2.05) is 6.26 Å². The van der Waals surface area contributed by atoms with Crippen molar-refractivity contribution in [2.24, 2.45) is 5.41 Å². The van der Waals surface area contributed by atoms with E-state index in [1.165, 1.54) is 37.0 Å². The lowest BCUT2D eigenvalue weighted by Crippen LogP contribution is -2.29. The SMILES string of the molecule is CSc1c(NC2CCC(C)(C)CC2)sc(C#N)c1N. The van der Waals surface area contributed by atoms with Crippen LogP contribution in [-0.4, -0.2) is 12.3 Å². The standard InChI is InChI=1S/C14H21N3S2/c1-14(2)6-4-9(5-7-14)17-13-12(18-3)11(16)10(8-15)19-13/h9,17H,4-7,16H2,1-3H3. The minimum atomic E-state index is 0.479. The summed E-state index contributed by atoms with van der Waals surface area (Å²) in [5.41, 5.74) is 7.12. The Bertz CT molecular complexity index is 490. The van der Waals surface area contributed by atoms with Crippen molar-refractivity contribution in [3.63, 3.8) is 0 Å². The lowest BCUT2D eigenvalue weighted by molar-refractivity contribution is 0.232. The molecular formula is C14H21N3S2. The van der Waals surface area contributed by atoms with Gasteiger partial charge >= 0.3 is 0 Å². The highest BCUT2D eigenvalue weighted by molar-refractivity contribution is 7.99. The topological polar surface area (TPSA) is 61.8 Å². The number of hydrogen-bond donors (Lipinski definition) is 2. The average Bonchev–Trinajstić information content (AvgIpc) is 2.67. The molecule has 0 radical (unpaired) electrons. The minimum absolute atomic E-state index is 0.479. The van der Waals surface area contributed by atoms with Crippen molar-refractivity contribution in [1.29, 1.82) is 5.26 Å². The van der Waals surface area contributed by atoms with Gasteiger partial charge in [0.05, 0.1) is 10.6 Å². The fraction of sp³-hybridized carbons (Fsp3) is 0.643. The lowest BCUT2D eigenvalue weighted by Gasteiger charge is -2.34. The van der Waals surface area contributed by atoms with Crippen LogP contribution >= 0.6 is 23.1 Å². The van der Waals surface area contributed by atoms with Crippen LogP contribution < -0.4 is 11.1 Å². The van der Waals surface area contributed by atoms with Gasteiger partial charge in [0.2, 0.25) is 0 Å². The first-order chi connectivity index (χ1) is 8.96. The molecule has 0 saturated heterocycles. The molecule has 0 aliphatic heterocycles. The van der Waals surface area contributed by atoms with Gasteiger partial charge in [-0.25, -0.2) is 0 Å². The first kappa shape index (κ1) is 14.5. The maximum absolute atomic E-state index is 9.07. The average molecular weight is 295 g/mol. The third-order valence-corrected chi connectivity index (χ3v) is 5.88. The zero-order valence-electron chi connectivity index (χ0n) is 11.7. The molecule has 0 atom stereocenters. The zero-order valence-corrected chi connectivity index (χ0v) is 13.4. The number of hydrogen-bond acceptors (Lipinski definition) is 5. The molecule has 0 aromatic carbocycles. The molecular weight excluding hydrogens is 274 g/mol. The summed E-state index contributed by atoms with van der Waals surface area (Å²) in [5, 5.41) is 13.7. The summed E-state index contributed by atoms with van der Waals surface area (Å²) in [5.74, 6) is 0. The Labute approximate surface area is 123 Å². The largest absolute Gasteiger partial charge is 0.396 e. The summed E-state index contributed by atoms with van der Waals surface area (Å²) < 4.78 is 0. The molecule has 1 aliphatic carbocycles. The number of rotatable bonds is 3. The number of nitrogens with zero attached hydrogens (tertiary/aromatic N) is 1. The Kier molecular flexibility index (Phi) is 4.32. The summed E-state index contributed by atoms with van der Waals surface area (Å²) >= 11 is 3.10. The first-order valence-electron chi connectivity index (χ1n) is 6.60. The van der Waals surface area contributed by atoms with Crippen LogP contribution in [0.2, 0.25) is 0 Å². The van der Waals surface area contributed by atoms with Crippen molar-refractivity contribution in [2.75, 3.05) is 17.3 Å². The molecule has 1 aromatic rings. The number of nitrogen functional groups attached to an aromatic ring is 1. The molecule has 0 amide bonds. The van der Waals surface area contributed by atoms with E-state index in [1.54, 1.807) is 11.8 Å². The van der Waals surface area contributed by atoms with E-state index in [-0.39, 0.29) is 0 Å². The van der Waals surface area contributed by atoms with Crippen LogP contribution in [0.3, 0.4) is 0 Å². The predicted molar refractivity (Wildman–Crippen MR) is 84.9 cm³/mol. The molecule has 5 heteroatoms. The van der Waals surface area contributed by atoms with E-state index in [0.29, 0.717) is 22.0 Å². The summed E-state index contributed by atoms with van der Waals surface area (Å²) in [4.78, 5) is 1.66. The van der Waals surface area contributed by atoms with E-state index >= 15 is 0 Å². The van der Waals surface area contributed by atoms with Crippen LogP contribution in [0, 0.1) is 16.7 Å².